The monoisotopic (exact) mass is 434 g/mol. The molecule has 3 N–H and O–H groups in total. The summed E-state index contributed by atoms with van der Waals surface area (Å²) in [6.07, 6.45) is 2.33. The second-order valence-electron chi connectivity index (χ2n) is 8.59. The molecule has 1 aromatic heterocycles. The average molecular weight is 434 g/mol. The second kappa shape index (κ2) is 8.37. The second-order valence-corrected chi connectivity index (χ2v) is 8.59. The zero-order valence-electron chi connectivity index (χ0n) is 18.0. The quantitative estimate of drug-likeness (QED) is 0.490. The predicted molar refractivity (Wildman–Crippen MR) is 120 cm³/mol. The van der Waals surface area contributed by atoms with Gasteiger partial charge in [-0.1, -0.05) is 6.07 Å². The van der Waals surface area contributed by atoms with Crippen LogP contribution in [0.3, 0.4) is 0 Å². The minimum atomic E-state index is -0.655. The highest BCUT2D eigenvalue weighted by Crippen LogP contribution is 2.37. The van der Waals surface area contributed by atoms with E-state index in [1.165, 1.54) is 5.56 Å². The number of carbonyl (C=O) groups excluding carboxylic acids is 3. The zero-order chi connectivity index (χ0) is 22.2. The number of anilines is 1. The van der Waals surface area contributed by atoms with E-state index in [0.29, 0.717) is 12.0 Å². The van der Waals surface area contributed by atoms with Gasteiger partial charge < -0.3 is 20.4 Å². The van der Waals surface area contributed by atoms with E-state index in [2.05, 4.69) is 26.6 Å². The van der Waals surface area contributed by atoms with Gasteiger partial charge in [-0.3, -0.25) is 19.3 Å². The van der Waals surface area contributed by atoms with Gasteiger partial charge in [-0.15, -0.1) is 0 Å². The van der Waals surface area contributed by atoms with Gasteiger partial charge in [0.2, 0.25) is 5.91 Å². The van der Waals surface area contributed by atoms with Gasteiger partial charge in [-0.05, 0) is 48.2 Å². The van der Waals surface area contributed by atoms with Crippen LogP contribution in [0.15, 0.2) is 30.5 Å². The van der Waals surface area contributed by atoms with Crippen LogP contribution >= 0.6 is 0 Å². The highest BCUT2D eigenvalue weighted by Gasteiger charge is 2.33. The van der Waals surface area contributed by atoms with E-state index >= 15 is 0 Å². The largest absolute Gasteiger partial charge is 0.379 e. The van der Waals surface area contributed by atoms with Crippen LogP contribution in [0.2, 0.25) is 0 Å². The summed E-state index contributed by atoms with van der Waals surface area (Å²) in [6, 6.07) is 7.72. The number of hydrogen-bond acceptors (Lipinski definition) is 5. The fourth-order valence-corrected chi connectivity index (χ4v) is 4.62. The number of nitrogens with zero attached hydrogens (tertiary/aromatic N) is 1. The number of nitrogens with one attached hydrogen (secondary N) is 3. The molecule has 32 heavy (non-hydrogen) atoms. The Bertz CT molecular complexity index is 1110. The van der Waals surface area contributed by atoms with E-state index < -0.39 is 5.92 Å². The van der Waals surface area contributed by atoms with Crippen molar-refractivity contribution in [3.05, 3.63) is 52.8 Å². The van der Waals surface area contributed by atoms with Crippen LogP contribution in [-0.4, -0.2) is 60.3 Å². The Morgan fingerprint density at radius 2 is 1.94 bits per heavy atom. The summed E-state index contributed by atoms with van der Waals surface area (Å²) in [6.45, 7) is 6.23. The molecule has 0 bridgehead atoms. The lowest BCUT2D eigenvalue weighted by Gasteiger charge is -2.25. The fraction of sp³-hybridized carbons (Fsp3) is 0.375. The SMILES string of the molecule is CC(=C1C(=O)Nc2ccc(CC3C(=O)CNC3=O)cc21)c1cc(CN2CCOCC2)c[nH]1. The lowest BCUT2D eigenvalue weighted by molar-refractivity contribution is -0.127. The number of aromatic amines is 1. The van der Waals surface area contributed by atoms with Crippen molar-refractivity contribution in [3.8, 4) is 0 Å². The molecular weight excluding hydrogens is 408 g/mol. The van der Waals surface area contributed by atoms with Crippen molar-refractivity contribution in [2.45, 2.75) is 19.9 Å². The first-order valence-corrected chi connectivity index (χ1v) is 10.9. The number of aromatic nitrogens is 1. The molecule has 0 saturated carbocycles. The molecule has 1 aromatic carbocycles. The number of allylic oxidation sites excluding steroid dienone is 1. The van der Waals surface area contributed by atoms with Crippen molar-refractivity contribution in [2.75, 3.05) is 38.2 Å². The minimum absolute atomic E-state index is 0.0872. The average Bonchev–Trinajstić information content (AvgIpc) is 3.47. The molecule has 2 aromatic rings. The number of amides is 2. The zero-order valence-corrected chi connectivity index (χ0v) is 18.0. The molecule has 1 atom stereocenters. The van der Waals surface area contributed by atoms with Gasteiger partial charge in [0.25, 0.3) is 5.91 Å². The summed E-state index contributed by atoms with van der Waals surface area (Å²) in [5.41, 5.74) is 5.96. The van der Waals surface area contributed by atoms with E-state index in [4.69, 9.17) is 4.74 Å². The molecule has 2 fully saturated rings. The number of fused-ring (bicyclic) bond motifs is 1. The summed E-state index contributed by atoms with van der Waals surface area (Å²) >= 11 is 0. The Balaban J connectivity index is 1.41. The van der Waals surface area contributed by atoms with Crippen molar-refractivity contribution < 1.29 is 19.1 Å². The number of benzene rings is 1. The van der Waals surface area contributed by atoms with E-state index in [1.807, 2.05) is 31.3 Å². The molecule has 166 valence electrons. The Morgan fingerprint density at radius 1 is 1.12 bits per heavy atom. The van der Waals surface area contributed by atoms with Crippen LogP contribution < -0.4 is 10.6 Å². The smallest absolute Gasteiger partial charge is 0.256 e. The topological polar surface area (TPSA) is 104 Å². The number of H-pyrrole nitrogens is 1. The van der Waals surface area contributed by atoms with Gasteiger partial charge in [0.1, 0.15) is 5.92 Å². The summed E-state index contributed by atoms with van der Waals surface area (Å²) in [5, 5.41) is 5.53. The third-order valence-electron chi connectivity index (χ3n) is 6.44. The predicted octanol–water partition coefficient (Wildman–Crippen LogP) is 1.59. The Kier molecular flexibility index (Phi) is 5.40. The normalized spacial score (nSPS) is 22.7. The standard InChI is InChI=1S/C24H26N4O4/c1-14(20-10-16(11-25-20)13-28-4-6-32-7-5-28)22-17-8-15(2-3-19(17)27-24(22)31)9-18-21(29)12-26-23(18)30/h2-3,8,10-11,18,25H,4-7,9,12-13H2,1H3,(H,26,30)(H,27,31). The van der Waals surface area contributed by atoms with Crippen molar-refractivity contribution in [2.24, 2.45) is 5.92 Å². The molecule has 5 rings (SSSR count). The summed E-state index contributed by atoms with van der Waals surface area (Å²) < 4.78 is 5.41. The number of Topliss-reactive ketones (excluding diaryl/α,β-unsaturated/α-hetero) is 1. The first kappa shape index (κ1) is 20.7. The van der Waals surface area contributed by atoms with Crippen LogP contribution in [-0.2, 0) is 32.1 Å². The maximum Gasteiger partial charge on any atom is 0.256 e. The molecule has 1 unspecified atom stereocenters. The Labute approximate surface area is 186 Å². The highest BCUT2D eigenvalue weighted by molar-refractivity contribution is 6.36. The number of rotatable bonds is 5. The van der Waals surface area contributed by atoms with Crippen molar-refractivity contribution in [1.29, 1.82) is 0 Å². The van der Waals surface area contributed by atoms with Crippen molar-refractivity contribution >= 4 is 34.4 Å². The van der Waals surface area contributed by atoms with Gasteiger partial charge in [0.15, 0.2) is 5.78 Å². The van der Waals surface area contributed by atoms with Crippen molar-refractivity contribution in [1.82, 2.24) is 15.2 Å². The Morgan fingerprint density at radius 3 is 2.69 bits per heavy atom. The van der Waals surface area contributed by atoms with Crippen LogP contribution in [0.4, 0.5) is 5.69 Å². The number of hydrogen-bond donors (Lipinski definition) is 3. The van der Waals surface area contributed by atoms with Crippen LogP contribution in [0.25, 0.3) is 11.1 Å². The van der Waals surface area contributed by atoms with E-state index in [0.717, 1.165) is 60.9 Å². The third-order valence-corrected chi connectivity index (χ3v) is 6.44. The maximum atomic E-state index is 12.8. The molecule has 3 aliphatic heterocycles. The van der Waals surface area contributed by atoms with Crippen LogP contribution in [0.1, 0.15) is 29.3 Å². The molecule has 8 heteroatoms. The number of ether oxygens (including phenoxy) is 1. The maximum absolute atomic E-state index is 12.8. The summed E-state index contributed by atoms with van der Waals surface area (Å²) in [7, 11) is 0. The van der Waals surface area contributed by atoms with Gasteiger partial charge in [0, 0.05) is 42.8 Å². The molecule has 0 radical (unpaired) electrons. The number of carbonyl (C=O) groups is 3. The molecule has 3 aliphatic rings. The van der Waals surface area contributed by atoms with Crippen LogP contribution in [0, 0.1) is 5.92 Å². The molecular formula is C24H26N4O4. The minimum Gasteiger partial charge on any atom is -0.379 e. The third kappa shape index (κ3) is 3.87. The lowest BCUT2D eigenvalue weighted by Crippen LogP contribution is -2.35. The lowest BCUT2D eigenvalue weighted by atomic mass is 9.93. The first-order valence-electron chi connectivity index (χ1n) is 10.9. The van der Waals surface area contributed by atoms with Gasteiger partial charge >= 0.3 is 0 Å². The summed E-state index contributed by atoms with van der Waals surface area (Å²) in [5.74, 6) is -1.11. The van der Waals surface area contributed by atoms with Crippen LogP contribution in [0.5, 0.6) is 0 Å². The highest BCUT2D eigenvalue weighted by atomic mass is 16.5. The molecule has 2 saturated heterocycles. The first-order chi connectivity index (χ1) is 15.5. The van der Waals surface area contributed by atoms with E-state index in [9.17, 15) is 14.4 Å². The van der Waals surface area contributed by atoms with E-state index in [1.54, 1.807) is 0 Å². The molecule has 8 nitrogen and oxygen atoms in total. The Hall–Kier alpha value is -3.23. The fourth-order valence-electron chi connectivity index (χ4n) is 4.62. The van der Waals surface area contributed by atoms with E-state index in [-0.39, 0.29) is 24.1 Å². The molecule has 4 heterocycles. The van der Waals surface area contributed by atoms with Gasteiger partial charge in [0.05, 0.1) is 25.3 Å². The van der Waals surface area contributed by atoms with Crippen molar-refractivity contribution in [3.63, 3.8) is 0 Å². The van der Waals surface area contributed by atoms with Gasteiger partial charge in [-0.25, -0.2) is 0 Å². The molecule has 0 spiro atoms. The summed E-state index contributed by atoms with van der Waals surface area (Å²) in [4.78, 5) is 42.4. The molecule has 2 amide bonds. The number of ketones is 1. The van der Waals surface area contributed by atoms with Gasteiger partial charge in [-0.2, -0.15) is 0 Å². The molecule has 0 aliphatic carbocycles. The number of morpholine rings is 1.